The van der Waals surface area contributed by atoms with Crippen molar-refractivity contribution in [2.75, 3.05) is 33.3 Å². The maximum atomic E-state index is 12.9. The number of carbonyl (C=O) groups excluding carboxylic acids is 1. The van der Waals surface area contributed by atoms with E-state index in [0.29, 0.717) is 38.2 Å². The van der Waals surface area contributed by atoms with Gasteiger partial charge in [-0.25, -0.2) is 0 Å². The highest BCUT2D eigenvalue weighted by Gasteiger charge is 2.59. The Morgan fingerprint density at radius 3 is 2.45 bits per heavy atom. The number of aliphatic hydroxyl groups excluding tert-OH is 3. The number of nitrogens with one attached hydrogen (secondary N) is 3. The molecule has 14 atom stereocenters. The van der Waals surface area contributed by atoms with E-state index in [2.05, 4.69) is 16.0 Å². The van der Waals surface area contributed by atoms with E-state index in [1.165, 1.54) is 6.92 Å². The van der Waals surface area contributed by atoms with E-state index < -0.39 is 90.4 Å². The topological polar surface area (TPSA) is 295 Å². The Hall–Kier alpha value is -1.55. The van der Waals surface area contributed by atoms with Crippen molar-refractivity contribution in [3.8, 4) is 0 Å². The highest BCUT2D eigenvalue weighted by molar-refractivity contribution is 5.89. The quantitative estimate of drug-likeness (QED) is 0.0898. The second-order valence-electron chi connectivity index (χ2n) is 12.6. The average Bonchev–Trinajstić information content (AvgIpc) is 3.58. The van der Waals surface area contributed by atoms with Crippen molar-refractivity contribution >= 4 is 5.91 Å². The number of nitrogens with two attached hydrogens (primary N) is 4. The predicted molar refractivity (Wildman–Crippen MR) is 155 cm³/mol. The molecule has 0 bridgehead atoms. The van der Waals surface area contributed by atoms with Crippen molar-refractivity contribution in [3.05, 3.63) is 11.8 Å². The molecule has 0 spiro atoms. The van der Waals surface area contributed by atoms with Crippen LogP contribution in [0.4, 0.5) is 0 Å². The monoisotopic (exact) mass is 633 g/mol. The third-order valence-electron chi connectivity index (χ3n) is 8.85. The van der Waals surface area contributed by atoms with Crippen LogP contribution in [-0.4, -0.2) is 149 Å². The molecule has 4 aliphatic rings. The Balaban J connectivity index is 1.47. The zero-order valence-corrected chi connectivity index (χ0v) is 25.2. The van der Waals surface area contributed by atoms with Gasteiger partial charge in [-0.3, -0.25) is 4.79 Å². The van der Waals surface area contributed by atoms with Crippen LogP contribution in [0.3, 0.4) is 0 Å². The molecule has 0 aromatic carbocycles. The van der Waals surface area contributed by atoms with Crippen molar-refractivity contribution < 1.29 is 49.3 Å². The second kappa shape index (κ2) is 14.5. The first-order chi connectivity index (χ1) is 20.7. The summed E-state index contributed by atoms with van der Waals surface area (Å²) in [5.74, 6) is -0.202. The van der Waals surface area contributed by atoms with Crippen LogP contribution < -0.4 is 38.9 Å². The lowest BCUT2D eigenvalue weighted by atomic mass is 9.83. The highest BCUT2D eigenvalue weighted by atomic mass is 16.7. The summed E-state index contributed by atoms with van der Waals surface area (Å²) < 4.78 is 23.9. The maximum Gasteiger partial charge on any atom is 0.253 e. The van der Waals surface area contributed by atoms with Crippen molar-refractivity contribution in [2.24, 2.45) is 22.9 Å². The van der Waals surface area contributed by atoms with Gasteiger partial charge in [0.25, 0.3) is 5.91 Å². The fourth-order valence-corrected chi connectivity index (χ4v) is 6.01. The maximum absolute atomic E-state index is 12.9. The molecule has 17 nitrogen and oxygen atoms in total. The number of hydrogen-bond acceptors (Lipinski definition) is 16. The van der Waals surface area contributed by atoms with E-state index in [-0.39, 0.29) is 19.4 Å². The molecule has 0 radical (unpaired) electrons. The molecular formula is C27H51N7O10. The summed E-state index contributed by atoms with van der Waals surface area (Å²) in [6.07, 6.45) is -5.26. The van der Waals surface area contributed by atoms with Gasteiger partial charge in [0.1, 0.15) is 35.8 Å². The molecule has 4 rings (SSSR count). The zero-order valence-electron chi connectivity index (χ0n) is 25.2. The van der Waals surface area contributed by atoms with Crippen LogP contribution in [0.15, 0.2) is 11.8 Å². The lowest BCUT2D eigenvalue weighted by Gasteiger charge is -2.49. The molecule has 2 aliphatic heterocycles. The number of rotatable bonds is 13. The van der Waals surface area contributed by atoms with Crippen LogP contribution >= 0.6 is 0 Å². The highest BCUT2D eigenvalue weighted by Crippen LogP contribution is 2.36. The smallest absolute Gasteiger partial charge is 0.253 e. The SMILES string of the molecule is CN[C@@H]1[C@@H](O)[C@@H](O[C@H]2[C@H](NC(=O)C3(O)CC3N)C[C@H](N)C(O[C@H]3OC(CNCC(O)CCN)=CC[C@H]3N)[C@@H]2O)OC[C@]1(C)O. The second-order valence-corrected chi connectivity index (χ2v) is 12.6. The summed E-state index contributed by atoms with van der Waals surface area (Å²) in [4.78, 5) is 12.9. The Kier molecular flexibility index (Phi) is 11.6. The molecule has 3 fully saturated rings. The molecular weight excluding hydrogens is 582 g/mol. The van der Waals surface area contributed by atoms with Crippen LogP contribution in [0, 0.1) is 0 Å². The van der Waals surface area contributed by atoms with Gasteiger partial charge in [0.05, 0.1) is 37.4 Å². The number of hydrogen-bond donors (Lipinski definition) is 12. The first kappa shape index (κ1) is 35.3. The van der Waals surface area contributed by atoms with E-state index >= 15 is 0 Å². The van der Waals surface area contributed by atoms with Crippen LogP contribution in [0.5, 0.6) is 0 Å². The summed E-state index contributed by atoms with van der Waals surface area (Å²) in [5.41, 5.74) is 20.8. The summed E-state index contributed by atoms with van der Waals surface area (Å²) in [6.45, 7) is 2.29. The van der Waals surface area contributed by atoms with Gasteiger partial charge < -0.3 is 83.4 Å². The third kappa shape index (κ3) is 7.87. The molecule has 1 saturated heterocycles. The number of aliphatic hydroxyl groups is 5. The lowest BCUT2D eigenvalue weighted by molar-refractivity contribution is -0.304. The summed E-state index contributed by atoms with van der Waals surface area (Å²) >= 11 is 0. The van der Waals surface area contributed by atoms with E-state index in [1.54, 1.807) is 7.05 Å². The van der Waals surface area contributed by atoms with Crippen molar-refractivity contribution in [1.29, 1.82) is 0 Å². The third-order valence-corrected chi connectivity index (χ3v) is 8.85. The molecule has 2 saturated carbocycles. The van der Waals surface area contributed by atoms with Crippen LogP contribution in [0.2, 0.25) is 0 Å². The Labute approximate surface area is 256 Å². The van der Waals surface area contributed by atoms with E-state index in [9.17, 15) is 30.3 Å². The van der Waals surface area contributed by atoms with Gasteiger partial charge in [-0.15, -0.1) is 0 Å². The normalized spacial score (nSPS) is 44.8. The molecule has 2 heterocycles. The fraction of sp³-hybridized carbons (Fsp3) is 0.889. The summed E-state index contributed by atoms with van der Waals surface area (Å²) in [7, 11) is 1.57. The Bertz CT molecular complexity index is 1010. The minimum Gasteiger partial charge on any atom is -0.467 e. The Morgan fingerprint density at radius 1 is 1.14 bits per heavy atom. The molecule has 16 N–H and O–H groups in total. The van der Waals surface area contributed by atoms with E-state index in [0.717, 1.165) is 0 Å². The number of ether oxygens (including phenoxy) is 4. The lowest BCUT2D eigenvalue weighted by Crippen LogP contribution is -2.69. The van der Waals surface area contributed by atoms with Crippen LogP contribution in [0.25, 0.3) is 0 Å². The predicted octanol–water partition coefficient (Wildman–Crippen LogP) is -5.89. The standard InChI is InChI=1S/C27H51N7O10/c1-26(39)11-41-24(19(37)22(26)32-2)44-21-16(34-25(38)27(40)8-17(27)31)7-15(30)20(18(21)36)43-23-14(29)4-3-13(42-23)10-33-9-12(35)5-6-28/h3,12,14-24,32-33,35-37,39-40H,4-11,28-31H2,1-2H3,(H,34,38)/t12?,14-,15+,16-,17?,18+,19-,20?,21+,22-,23-,24-,26+,27?/m1/s1. The molecule has 1 amide bonds. The number of likely N-dealkylation sites (N-methyl/N-ethyl adjacent to an activating group) is 1. The van der Waals surface area contributed by atoms with Gasteiger partial charge in [-0.1, -0.05) is 0 Å². The van der Waals surface area contributed by atoms with Crippen LogP contribution in [0.1, 0.15) is 32.6 Å². The largest absolute Gasteiger partial charge is 0.467 e. The number of carbonyl (C=O) groups is 1. The van der Waals surface area contributed by atoms with E-state index in [1.807, 2.05) is 6.08 Å². The average molecular weight is 634 g/mol. The molecule has 44 heavy (non-hydrogen) atoms. The molecule has 17 heteroatoms. The molecule has 0 aromatic rings. The van der Waals surface area contributed by atoms with Gasteiger partial charge in [-0.05, 0) is 45.9 Å². The van der Waals surface area contributed by atoms with Gasteiger partial charge in [0.2, 0.25) is 6.29 Å². The van der Waals surface area contributed by atoms with Gasteiger partial charge in [0, 0.05) is 25.0 Å². The fourth-order valence-electron chi connectivity index (χ4n) is 6.01. The molecule has 254 valence electrons. The summed E-state index contributed by atoms with van der Waals surface area (Å²) in [5, 5.41) is 62.3. The van der Waals surface area contributed by atoms with Gasteiger partial charge in [0.15, 0.2) is 11.9 Å². The van der Waals surface area contributed by atoms with Crippen LogP contribution in [-0.2, 0) is 23.7 Å². The minimum atomic E-state index is -1.75. The minimum absolute atomic E-state index is 0.0463. The first-order valence-electron chi connectivity index (χ1n) is 15.1. The van der Waals surface area contributed by atoms with Gasteiger partial charge >= 0.3 is 0 Å². The van der Waals surface area contributed by atoms with Crippen molar-refractivity contribution in [2.45, 2.75) is 117 Å². The molecule has 2 aliphatic carbocycles. The molecule has 0 aromatic heterocycles. The number of amides is 1. The van der Waals surface area contributed by atoms with E-state index in [4.69, 9.17) is 41.9 Å². The summed E-state index contributed by atoms with van der Waals surface area (Å²) in [6, 6.07) is -3.93. The zero-order chi connectivity index (χ0) is 32.4. The molecule has 4 unspecified atom stereocenters. The first-order valence-corrected chi connectivity index (χ1v) is 15.1. The van der Waals surface area contributed by atoms with Crippen molar-refractivity contribution in [1.82, 2.24) is 16.0 Å². The van der Waals surface area contributed by atoms with Crippen molar-refractivity contribution in [3.63, 3.8) is 0 Å². The van der Waals surface area contributed by atoms with Gasteiger partial charge in [-0.2, -0.15) is 0 Å². The Morgan fingerprint density at radius 2 is 1.82 bits per heavy atom.